The summed E-state index contributed by atoms with van der Waals surface area (Å²) in [5.41, 5.74) is 8.04. The van der Waals surface area contributed by atoms with Crippen molar-refractivity contribution in [2.75, 3.05) is 6.54 Å². The molecule has 0 spiro atoms. The van der Waals surface area contributed by atoms with Gasteiger partial charge in [-0.2, -0.15) is 0 Å². The predicted molar refractivity (Wildman–Crippen MR) is 68.8 cm³/mol. The number of hydrogen-bond donors (Lipinski definition) is 2. The number of aryl methyl sites for hydroxylation is 1. The third-order valence-electron chi connectivity index (χ3n) is 3.43. The van der Waals surface area contributed by atoms with Gasteiger partial charge in [-0.25, -0.2) is 0 Å². The van der Waals surface area contributed by atoms with E-state index in [-0.39, 0.29) is 17.9 Å². The summed E-state index contributed by atoms with van der Waals surface area (Å²) in [6.45, 7) is 2.42. The van der Waals surface area contributed by atoms with E-state index >= 15 is 0 Å². The van der Waals surface area contributed by atoms with Crippen LogP contribution in [0.15, 0.2) is 24.3 Å². The molecule has 0 heterocycles. The molecule has 0 aromatic heterocycles. The fraction of sp³-hybridized carbons (Fsp3) is 0.500. The molecule has 0 saturated heterocycles. The van der Waals surface area contributed by atoms with Gasteiger partial charge in [0.1, 0.15) is 0 Å². The monoisotopic (exact) mass is 232 g/mol. The van der Waals surface area contributed by atoms with Crippen LogP contribution in [0.2, 0.25) is 0 Å². The van der Waals surface area contributed by atoms with Gasteiger partial charge in [-0.05, 0) is 37.3 Å². The van der Waals surface area contributed by atoms with Gasteiger partial charge < -0.3 is 11.1 Å². The predicted octanol–water partition coefficient (Wildman–Crippen LogP) is 1.57. The quantitative estimate of drug-likeness (QED) is 0.831. The first-order chi connectivity index (χ1) is 8.22. The molecule has 1 aromatic rings. The van der Waals surface area contributed by atoms with Crippen LogP contribution in [-0.4, -0.2) is 18.5 Å². The fourth-order valence-electron chi connectivity index (χ4n) is 2.43. The van der Waals surface area contributed by atoms with Gasteiger partial charge in [0.05, 0.1) is 5.92 Å². The van der Waals surface area contributed by atoms with E-state index < -0.39 is 0 Å². The molecule has 1 amide bonds. The Morgan fingerprint density at radius 1 is 1.53 bits per heavy atom. The van der Waals surface area contributed by atoms with Gasteiger partial charge in [-0.3, -0.25) is 4.79 Å². The van der Waals surface area contributed by atoms with Crippen LogP contribution in [-0.2, 0) is 11.2 Å². The summed E-state index contributed by atoms with van der Waals surface area (Å²) >= 11 is 0. The maximum atomic E-state index is 12.2. The number of nitrogens with two attached hydrogens (primary N) is 1. The standard InChI is InChI=1S/C14H20N2O/c1-10(9-15)16-14(17)13-8-4-6-11-5-2-3-7-12(11)13/h2-3,5,7,10,13H,4,6,8-9,15H2,1H3,(H,16,17). The summed E-state index contributed by atoms with van der Waals surface area (Å²) in [6, 6.07) is 8.31. The molecule has 92 valence electrons. The highest BCUT2D eigenvalue weighted by atomic mass is 16.1. The van der Waals surface area contributed by atoms with E-state index in [4.69, 9.17) is 5.73 Å². The Kier molecular flexibility index (Phi) is 3.79. The lowest BCUT2D eigenvalue weighted by Crippen LogP contribution is -2.41. The largest absolute Gasteiger partial charge is 0.352 e. The Morgan fingerprint density at radius 2 is 2.29 bits per heavy atom. The zero-order valence-corrected chi connectivity index (χ0v) is 10.3. The minimum Gasteiger partial charge on any atom is -0.352 e. The second-order valence-electron chi connectivity index (χ2n) is 4.79. The molecule has 3 N–H and O–H groups in total. The zero-order chi connectivity index (χ0) is 12.3. The second-order valence-corrected chi connectivity index (χ2v) is 4.79. The minimum atomic E-state index is 0.00829. The summed E-state index contributed by atoms with van der Waals surface area (Å²) < 4.78 is 0. The van der Waals surface area contributed by atoms with Gasteiger partial charge in [0, 0.05) is 12.6 Å². The van der Waals surface area contributed by atoms with Crippen LogP contribution in [0.5, 0.6) is 0 Å². The first-order valence-electron chi connectivity index (χ1n) is 6.30. The molecule has 3 heteroatoms. The summed E-state index contributed by atoms with van der Waals surface area (Å²) in [6.07, 6.45) is 3.12. The molecule has 1 aromatic carbocycles. The fourth-order valence-corrected chi connectivity index (χ4v) is 2.43. The average Bonchev–Trinajstić information content (AvgIpc) is 2.37. The Bertz CT molecular complexity index is 403. The lowest BCUT2D eigenvalue weighted by atomic mass is 9.82. The number of rotatable bonds is 3. The number of hydrogen-bond acceptors (Lipinski definition) is 2. The number of carbonyl (C=O) groups excluding carboxylic acids is 1. The third-order valence-corrected chi connectivity index (χ3v) is 3.43. The van der Waals surface area contributed by atoms with Crippen molar-refractivity contribution in [2.45, 2.75) is 38.1 Å². The normalized spacial score (nSPS) is 20.5. The van der Waals surface area contributed by atoms with Crippen molar-refractivity contribution in [2.24, 2.45) is 5.73 Å². The molecular formula is C14H20N2O. The van der Waals surface area contributed by atoms with Crippen molar-refractivity contribution >= 4 is 5.91 Å². The minimum absolute atomic E-state index is 0.00829. The molecule has 0 aliphatic heterocycles. The van der Waals surface area contributed by atoms with Gasteiger partial charge in [0.2, 0.25) is 5.91 Å². The lowest BCUT2D eigenvalue weighted by Gasteiger charge is -2.25. The number of amides is 1. The van der Waals surface area contributed by atoms with Crippen molar-refractivity contribution in [3.05, 3.63) is 35.4 Å². The molecule has 3 nitrogen and oxygen atoms in total. The van der Waals surface area contributed by atoms with E-state index in [2.05, 4.69) is 17.4 Å². The van der Waals surface area contributed by atoms with Crippen molar-refractivity contribution in [3.63, 3.8) is 0 Å². The molecule has 1 aliphatic carbocycles. The molecule has 0 bridgehead atoms. The highest BCUT2D eigenvalue weighted by Crippen LogP contribution is 2.31. The molecular weight excluding hydrogens is 212 g/mol. The second kappa shape index (κ2) is 5.32. The van der Waals surface area contributed by atoms with Crippen molar-refractivity contribution in [1.29, 1.82) is 0 Å². The topological polar surface area (TPSA) is 55.1 Å². The highest BCUT2D eigenvalue weighted by Gasteiger charge is 2.26. The molecule has 2 unspecified atom stereocenters. The van der Waals surface area contributed by atoms with Crippen LogP contribution < -0.4 is 11.1 Å². The molecule has 2 atom stereocenters. The first kappa shape index (κ1) is 12.1. The molecule has 2 rings (SSSR count). The molecule has 17 heavy (non-hydrogen) atoms. The maximum Gasteiger partial charge on any atom is 0.227 e. The summed E-state index contributed by atoms with van der Waals surface area (Å²) in [4.78, 5) is 12.2. The Hall–Kier alpha value is -1.35. The van der Waals surface area contributed by atoms with Gasteiger partial charge >= 0.3 is 0 Å². The highest BCUT2D eigenvalue weighted by molar-refractivity contribution is 5.84. The van der Waals surface area contributed by atoms with E-state index in [0.29, 0.717) is 6.54 Å². The maximum absolute atomic E-state index is 12.2. The summed E-state index contributed by atoms with van der Waals surface area (Å²) in [5.74, 6) is 0.129. The van der Waals surface area contributed by atoms with E-state index in [1.54, 1.807) is 0 Å². The van der Waals surface area contributed by atoms with E-state index in [9.17, 15) is 4.79 Å². The Labute approximate surface area is 102 Å². The van der Waals surface area contributed by atoms with Gasteiger partial charge in [-0.15, -0.1) is 0 Å². The van der Waals surface area contributed by atoms with E-state index in [1.807, 2.05) is 19.1 Å². The average molecular weight is 232 g/mol. The zero-order valence-electron chi connectivity index (χ0n) is 10.3. The summed E-state index contributed by atoms with van der Waals surface area (Å²) in [5, 5.41) is 2.98. The molecule has 0 radical (unpaired) electrons. The van der Waals surface area contributed by atoms with Crippen LogP contribution in [0.1, 0.15) is 36.8 Å². The first-order valence-corrected chi connectivity index (χ1v) is 6.30. The smallest absolute Gasteiger partial charge is 0.227 e. The van der Waals surface area contributed by atoms with Crippen LogP contribution >= 0.6 is 0 Å². The Morgan fingerprint density at radius 3 is 3.06 bits per heavy atom. The SMILES string of the molecule is CC(CN)NC(=O)C1CCCc2ccccc21. The Balaban J connectivity index is 2.15. The number of fused-ring (bicyclic) bond motifs is 1. The van der Waals surface area contributed by atoms with Crippen molar-refractivity contribution < 1.29 is 4.79 Å². The third kappa shape index (κ3) is 2.67. The van der Waals surface area contributed by atoms with Crippen LogP contribution in [0.25, 0.3) is 0 Å². The van der Waals surface area contributed by atoms with Crippen LogP contribution in [0.3, 0.4) is 0 Å². The van der Waals surface area contributed by atoms with E-state index in [1.165, 1.54) is 11.1 Å². The van der Waals surface area contributed by atoms with E-state index in [0.717, 1.165) is 19.3 Å². The number of nitrogens with one attached hydrogen (secondary N) is 1. The molecule has 1 aliphatic rings. The molecule has 0 saturated carbocycles. The number of benzene rings is 1. The van der Waals surface area contributed by atoms with Gasteiger partial charge in [0.15, 0.2) is 0 Å². The van der Waals surface area contributed by atoms with Crippen molar-refractivity contribution in [1.82, 2.24) is 5.32 Å². The lowest BCUT2D eigenvalue weighted by molar-refractivity contribution is -0.123. The molecule has 0 fully saturated rings. The van der Waals surface area contributed by atoms with Crippen molar-refractivity contribution in [3.8, 4) is 0 Å². The summed E-state index contributed by atoms with van der Waals surface area (Å²) in [7, 11) is 0. The van der Waals surface area contributed by atoms with Crippen LogP contribution in [0.4, 0.5) is 0 Å². The van der Waals surface area contributed by atoms with Crippen LogP contribution in [0, 0.1) is 0 Å². The number of carbonyl (C=O) groups is 1. The van der Waals surface area contributed by atoms with Gasteiger partial charge in [0.25, 0.3) is 0 Å². The van der Waals surface area contributed by atoms with Gasteiger partial charge in [-0.1, -0.05) is 24.3 Å².